The summed E-state index contributed by atoms with van der Waals surface area (Å²) in [5.74, 6) is 0.491. The van der Waals surface area contributed by atoms with Crippen LogP contribution in [-0.2, 0) is 22.6 Å². The van der Waals surface area contributed by atoms with Gasteiger partial charge in [0.15, 0.2) is 0 Å². The Balaban J connectivity index is 1.50. The molecule has 2 heterocycles. The molecule has 142 valence electrons. The van der Waals surface area contributed by atoms with Gasteiger partial charge in [-0.05, 0) is 42.7 Å². The second kappa shape index (κ2) is 9.83. The molecule has 0 saturated carbocycles. The van der Waals surface area contributed by atoms with Gasteiger partial charge in [-0.15, -0.1) is 0 Å². The van der Waals surface area contributed by atoms with Crippen LogP contribution in [0, 0.1) is 5.82 Å². The number of hydrogen-bond acceptors (Lipinski definition) is 5. The Morgan fingerprint density at radius 2 is 2.12 bits per heavy atom. The van der Waals surface area contributed by atoms with Crippen LogP contribution in [0.25, 0.3) is 0 Å². The molecule has 1 fully saturated rings. The third kappa shape index (κ3) is 6.21. The first-order valence-electron chi connectivity index (χ1n) is 9.05. The molecule has 0 unspecified atom stereocenters. The Morgan fingerprint density at radius 1 is 1.27 bits per heavy atom. The number of aliphatic hydroxyl groups is 1. The molecule has 2 atom stereocenters. The predicted octanol–water partition coefficient (Wildman–Crippen LogP) is 2.98. The third-order valence-corrected chi connectivity index (χ3v) is 4.41. The minimum atomic E-state index is -0.619. The summed E-state index contributed by atoms with van der Waals surface area (Å²) in [5.41, 5.74) is 1.01. The fourth-order valence-corrected chi connectivity index (χ4v) is 3.17. The van der Waals surface area contributed by atoms with Crippen molar-refractivity contribution in [2.24, 2.45) is 0 Å². The smallest absolute Gasteiger partial charge is 0.129 e. The lowest BCUT2D eigenvalue weighted by molar-refractivity contribution is -0.00636. The highest BCUT2D eigenvalue weighted by atomic mass is 19.1. The van der Waals surface area contributed by atoms with Crippen LogP contribution < -0.4 is 0 Å². The Labute approximate surface area is 153 Å². The number of ether oxygens (including phenoxy) is 2. The number of halogens is 1. The van der Waals surface area contributed by atoms with Gasteiger partial charge in [-0.3, -0.25) is 4.90 Å². The van der Waals surface area contributed by atoms with Crippen molar-refractivity contribution in [3.05, 3.63) is 59.8 Å². The molecule has 6 heteroatoms. The van der Waals surface area contributed by atoms with E-state index in [2.05, 4.69) is 4.90 Å². The molecule has 26 heavy (non-hydrogen) atoms. The van der Waals surface area contributed by atoms with Crippen LogP contribution in [0.3, 0.4) is 0 Å². The number of hydrogen-bond donors (Lipinski definition) is 1. The molecule has 5 nitrogen and oxygen atoms in total. The van der Waals surface area contributed by atoms with Gasteiger partial charge in [0.05, 0.1) is 25.1 Å². The number of furan rings is 1. The molecule has 0 bridgehead atoms. The van der Waals surface area contributed by atoms with Crippen molar-refractivity contribution in [1.29, 1.82) is 0 Å². The topological polar surface area (TPSA) is 55.1 Å². The molecular weight excluding hydrogens is 337 g/mol. The quantitative estimate of drug-likeness (QED) is 0.703. The summed E-state index contributed by atoms with van der Waals surface area (Å²) in [6.07, 6.45) is 3.27. The van der Waals surface area contributed by atoms with Crippen molar-refractivity contribution in [1.82, 2.24) is 4.90 Å². The average molecular weight is 363 g/mol. The number of aliphatic hydroxyl groups excluding tert-OH is 1. The molecule has 1 aliphatic heterocycles. The average Bonchev–Trinajstić information content (AvgIpc) is 3.31. The molecule has 3 rings (SSSR count). The Kier molecular flexibility index (Phi) is 7.20. The molecule has 1 N–H and O–H groups in total. The highest BCUT2D eigenvalue weighted by Gasteiger charge is 2.21. The maximum Gasteiger partial charge on any atom is 0.129 e. The standard InChI is InChI=1S/C20H26FNO4/c21-17-7-5-16(6-8-17)11-22(13-19-3-1-9-25-19)12-18(23)14-24-15-20-4-2-10-26-20/h2,4-8,10,18-19,23H,1,3,9,11-15H2/t18-,19-/m0/s1. The van der Waals surface area contributed by atoms with Crippen molar-refractivity contribution >= 4 is 0 Å². The second-order valence-electron chi connectivity index (χ2n) is 6.70. The Bertz CT molecular complexity index is 626. The molecule has 1 aliphatic rings. The highest BCUT2D eigenvalue weighted by Crippen LogP contribution is 2.16. The van der Waals surface area contributed by atoms with Crippen LogP contribution in [0.5, 0.6) is 0 Å². The van der Waals surface area contributed by atoms with Crippen molar-refractivity contribution in [3.63, 3.8) is 0 Å². The number of rotatable bonds is 10. The van der Waals surface area contributed by atoms with Gasteiger partial charge in [-0.1, -0.05) is 12.1 Å². The largest absolute Gasteiger partial charge is 0.467 e. The molecule has 2 aromatic rings. The fourth-order valence-electron chi connectivity index (χ4n) is 3.17. The monoisotopic (exact) mass is 363 g/mol. The van der Waals surface area contributed by atoms with Crippen LogP contribution in [0.2, 0.25) is 0 Å². The van der Waals surface area contributed by atoms with E-state index in [0.29, 0.717) is 19.7 Å². The maximum atomic E-state index is 13.1. The van der Waals surface area contributed by atoms with E-state index in [-0.39, 0.29) is 18.5 Å². The summed E-state index contributed by atoms with van der Waals surface area (Å²) in [6.45, 7) is 3.21. The number of benzene rings is 1. The lowest BCUT2D eigenvalue weighted by Gasteiger charge is -2.27. The minimum absolute atomic E-state index is 0.187. The summed E-state index contributed by atoms with van der Waals surface area (Å²) in [5, 5.41) is 10.3. The van der Waals surface area contributed by atoms with Gasteiger partial charge in [0.25, 0.3) is 0 Å². The van der Waals surface area contributed by atoms with E-state index >= 15 is 0 Å². The SMILES string of the molecule is O[C@H](COCc1ccco1)CN(Cc1ccc(F)cc1)C[C@@H]1CCCO1. The van der Waals surface area contributed by atoms with E-state index in [1.807, 2.05) is 6.07 Å². The van der Waals surface area contributed by atoms with Crippen molar-refractivity contribution < 1.29 is 23.4 Å². The van der Waals surface area contributed by atoms with Crippen LogP contribution >= 0.6 is 0 Å². The van der Waals surface area contributed by atoms with Gasteiger partial charge in [0.2, 0.25) is 0 Å². The molecular formula is C20H26FNO4. The minimum Gasteiger partial charge on any atom is -0.467 e. The molecule has 1 aromatic heterocycles. The van der Waals surface area contributed by atoms with Gasteiger partial charge in [-0.25, -0.2) is 4.39 Å². The van der Waals surface area contributed by atoms with Gasteiger partial charge in [-0.2, -0.15) is 0 Å². The highest BCUT2D eigenvalue weighted by molar-refractivity contribution is 5.16. The van der Waals surface area contributed by atoms with E-state index in [9.17, 15) is 9.50 Å². The summed E-state index contributed by atoms with van der Waals surface area (Å²) < 4.78 is 29.6. The van der Waals surface area contributed by atoms with Crippen LogP contribution in [0.4, 0.5) is 4.39 Å². The zero-order valence-corrected chi connectivity index (χ0v) is 14.9. The van der Waals surface area contributed by atoms with Gasteiger partial charge in [0.1, 0.15) is 18.2 Å². The van der Waals surface area contributed by atoms with Crippen LogP contribution in [-0.4, -0.2) is 48.5 Å². The zero-order chi connectivity index (χ0) is 18.2. The first-order chi connectivity index (χ1) is 12.7. The van der Waals surface area contributed by atoms with Crippen molar-refractivity contribution in [2.75, 3.05) is 26.3 Å². The molecule has 0 amide bonds. The molecule has 0 radical (unpaired) electrons. The molecule has 1 saturated heterocycles. The molecule has 0 aliphatic carbocycles. The van der Waals surface area contributed by atoms with E-state index in [0.717, 1.165) is 37.3 Å². The van der Waals surface area contributed by atoms with Crippen LogP contribution in [0.1, 0.15) is 24.2 Å². The van der Waals surface area contributed by atoms with E-state index < -0.39 is 6.10 Å². The fraction of sp³-hybridized carbons (Fsp3) is 0.500. The lowest BCUT2D eigenvalue weighted by atomic mass is 10.1. The van der Waals surface area contributed by atoms with E-state index in [1.54, 1.807) is 24.5 Å². The first-order valence-corrected chi connectivity index (χ1v) is 9.05. The Hall–Kier alpha value is -1.73. The summed E-state index contributed by atoms with van der Waals surface area (Å²) in [6, 6.07) is 10.1. The second-order valence-corrected chi connectivity index (χ2v) is 6.70. The molecule has 0 spiro atoms. The third-order valence-electron chi connectivity index (χ3n) is 4.41. The number of nitrogens with zero attached hydrogens (tertiary/aromatic N) is 1. The summed E-state index contributed by atoms with van der Waals surface area (Å²) in [7, 11) is 0. The predicted molar refractivity (Wildman–Crippen MR) is 95.0 cm³/mol. The maximum absolute atomic E-state index is 13.1. The van der Waals surface area contributed by atoms with Crippen molar-refractivity contribution in [3.8, 4) is 0 Å². The Morgan fingerprint density at radius 3 is 2.81 bits per heavy atom. The van der Waals surface area contributed by atoms with E-state index in [4.69, 9.17) is 13.9 Å². The summed E-state index contributed by atoms with van der Waals surface area (Å²) >= 11 is 0. The van der Waals surface area contributed by atoms with E-state index in [1.165, 1.54) is 12.1 Å². The normalized spacial score (nSPS) is 18.5. The lowest BCUT2D eigenvalue weighted by Crippen LogP contribution is -2.39. The van der Waals surface area contributed by atoms with Gasteiger partial charge < -0.3 is 19.0 Å². The summed E-state index contributed by atoms with van der Waals surface area (Å²) in [4.78, 5) is 2.14. The van der Waals surface area contributed by atoms with Gasteiger partial charge in [0, 0.05) is 26.2 Å². The van der Waals surface area contributed by atoms with Crippen LogP contribution in [0.15, 0.2) is 47.1 Å². The molecule has 1 aromatic carbocycles. The van der Waals surface area contributed by atoms with Crippen molar-refractivity contribution in [2.45, 2.75) is 38.2 Å². The van der Waals surface area contributed by atoms with Gasteiger partial charge >= 0.3 is 0 Å². The first kappa shape index (κ1) is 19.0. The zero-order valence-electron chi connectivity index (χ0n) is 14.9.